The SMILES string of the molecule is CN1CCC[C@H](C(=O)NCCCn2ccnc2)C1. The Balaban J connectivity index is 1.62. The van der Waals surface area contributed by atoms with Crippen LogP contribution in [0.15, 0.2) is 18.7 Å². The second kappa shape index (κ2) is 6.54. The number of hydrogen-bond acceptors (Lipinski definition) is 3. The van der Waals surface area contributed by atoms with E-state index in [-0.39, 0.29) is 11.8 Å². The van der Waals surface area contributed by atoms with Gasteiger partial charge < -0.3 is 14.8 Å². The zero-order valence-corrected chi connectivity index (χ0v) is 11.0. The number of carbonyl (C=O) groups is 1. The first-order valence-corrected chi connectivity index (χ1v) is 6.67. The summed E-state index contributed by atoms with van der Waals surface area (Å²) in [4.78, 5) is 18.2. The Morgan fingerprint density at radius 1 is 1.56 bits per heavy atom. The molecule has 0 radical (unpaired) electrons. The summed E-state index contributed by atoms with van der Waals surface area (Å²) in [6.07, 6.45) is 8.62. The van der Waals surface area contributed by atoms with Gasteiger partial charge in [-0.25, -0.2) is 4.98 Å². The summed E-state index contributed by atoms with van der Waals surface area (Å²) in [6, 6.07) is 0. The molecule has 1 aliphatic heterocycles. The van der Waals surface area contributed by atoms with Crippen molar-refractivity contribution in [3.63, 3.8) is 0 Å². The van der Waals surface area contributed by atoms with Crippen molar-refractivity contribution in [2.75, 3.05) is 26.7 Å². The molecule has 1 aromatic rings. The smallest absolute Gasteiger partial charge is 0.224 e. The van der Waals surface area contributed by atoms with Crippen molar-refractivity contribution in [2.24, 2.45) is 5.92 Å². The van der Waals surface area contributed by atoms with Gasteiger partial charge in [0.2, 0.25) is 5.91 Å². The van der Waals surface area contributed by atoms with E-state index in [9.17, 15) is 4.79 Å². The molecule has 1 fully saturated rings. The number of carbonyl (C=O) groups excluding carboxylic acids is 1. The van der Waals surface area contributed by atoms with Crippen LogP contribution in [0.3, 0.4) is 0 Å². The maximum atomic E-state index is 11.9. The van der Waals surface area contributed by atoms with Crippen LogP contribution in [0.5, 0.6) is 0 Å². The molecule has 100 valence electrons. The number of aromatic nitrogens is 2. The summed E-state index contributed by atoms with van der Waals surface area (Å²) in [5.74, 6) is 0.393. The maximum absolute atomic E-state index is 11.9. The molecular weight excluding hydrogens is 228 g/mol. The van der Waals surface area contributed by atoms with Gasteiger partial charge in [-0.1, -0.05) is 0 Å². The van der Waals surface area contributed by atoms with E-state index in [1.807, 2.05) is 10.8 Å². The molecule has 18 heavy (non-hydrogen) atoms. The quantitative estimate of drug-likeness (QED) is 0.784. The highest BCUT2D eigenvalue weighted by Crippen LogP contribution is 2.14. The Morgan fingerprint density at radius 2 is 2.44 bits per heavy atom. The second-order valence-corrected chi connectivity index (χ2v) is 5.05. The number of nitrogens with zero attached hydrogens (tertiary/aromatic N) is 3. The van der Waals surface area contributed by atoms with E-state index >= 15 is 0 Å². The number of nitrogens with one attached hydrogen (secondary N) is 1. The fourth-order valence-electron chi connectivity index (χ4n) is 2.42. The van der Waals surface area contributed by atoms with Gasteiger partial charge in [-0.15, -0.1) is 0 Å². The van der Waals surface area contributed by atoms with E-state index in [1.54, 1.807) is 12.5 Å². The third-order valence-corrected chi connectivity index (χ3v) is 3.45. The lowest BCUT2D eigenvalue weighted by Crippen LogP contribution is -2.41. The van der Waals surface area contributed by atoms with Crippen LogP contribution in [0.4, 0.5) is 0 Å². The van der Waals surface area contributed by atoms with E-state index in [0.717, 1.165) is 45.4 Å². The molecule has 2 heterocycles. The highest BCUT2D eigenvalue weighted by atomic mass is 16.1. The monoisotopic (exact) mass is 250 g/mol. The van der Waals surface area contributed by atoms with Gasteiger partial charge in [-0.3, -0.25) is 4.79 Å². The van der Waals surface area contributed by atoms with Crippen LogP contribution < -0.4 is 5.32 Å². The summed E-state index contributed by atoms with van der Waals surface area (Å²) in [5, 5.41) is 3.04. The Hall–Kier alpha value is -1.36. The lowest BCUT2D eigenvalue weighted by Gasteiger charge is -2.28. The molecule has 1 atom stereocenters. The molecule has 2 rings (SSSR count). The first-order chi connectivity index (χ1) is 8.75. The van der Waals surface area contributed by atoms with E-state index in [0.29, 0.717) is 0 Å². The number of amides is 1. The van der Waals surface area contributed by atoms with Crippen molar-refractivity contribution < 1.29 is 4.79 Å². The highest BCUT2D eigenvalue weighted by molar-refractivity contribution is 5.78. The molecule has 0 bridgehead atoms. The van der Waals surface area contributed by atoms with Crippen LogP contribution in [-0.2, 0) is 11.3 Å². The first-order valence-electron chi connectivity index (χ1n) is 6.67. The van der Waals surface area contributed by atoms with Crippen molar-refractivity contribution in [3.05, 3.63) is 18.7 Å². The number of hydrogen-bond donors (Lipinski definition) is 1. The molecule has 1 aromatic heterocycles. The summed E-state index contributed by atoms with van der Waals surface area (Å²) < 4.78 is 2.03. The van der Waals surface area contributed by atoms with Crippen LogP contribution in [-0.4, -0.2) is 47.0 Å². The molecule has 5 heteroatoms. The fourth-order valence-corrected chi connectivity index (χ4v) is 2.42. The molecule has 1 amide bonds. The Kier molecular flexibility index (Phi) is 4.75. The van der Waals surface area contributed by atoms with E-state index in [1.165, 1.54) is 0 Å². The summed E-state index contributed by atoms with van der Waals surface area (Å²) in [6.45, 7) is 3.67. The number of piperidine rings is 1. The minimum absolute atomic E-state index is 0.178. The van der Waals surface area contributed by atoms with Gasteiger partial charge in [0.05, 0.1) is 12.2 Å². The predicted molar refractivity (Wildman–Crippen MR) is 70.1 cm³/mol. The van der Waals surface area contributed by atoms with Gasteiger partial charge in [0, 0.05) is 32.0 Å². The van der Waals surface area contributed by atoms with Crippen LogP contribution in [0.2, 0.25) is 0 Å². The predicted octanol–water partition coefficient (Wildman–Crippen LogP) is 0.731. The molecule has 1 saturated heterocycles. The standard InChI is InChI=1S/C13H22N4O/c1-16-7-2-4-12(10-16)13(18)15-5-3-8-17-9-6-14-11-17/h6,9,11-12H,2-5,7-8,10H2,1H3,(H,15,18)/t12-/m0/s1. The van der Waals surface area contributed by atoms with Crippen molar-refractivity contribution in [1.29, 1.82) is 0 Å². The lowest BCUT2D eigenvalue weighted by atomic mass is 9.97. The van der Waals surface area contributed by atoms with Crippen LogP contribution >= 0.6 is 0 Å². The molecule has 0 spiro atoms. The average molecular weight is 250 g/mol. The van der Waals surface area contributed by atoms with Gasteiger partial charge in [0.1, 0.15) is 0 Å². The Bertz CT molecular complexity index is 363. The zero-order valence-electron chi connectivity index (χ0n) is 11.0. The van der Waals surface area contributed by atoms with Gasteiger partial charge in [-0.05, 0) is 32.9 Å². The molecule has 0 saturated carbocycles. The largest absolute Gasteiger partial charge is 0.356 e. The molecule has 1 aliphatic rings. The minimum atomic E-state index is 0.178. The van der Waals surface area contributed by atoms with Crippen molar-refractivity contribution in [2.45, 2.75) is 25.8 Å². The van der Waals surface area contributed by atoms with E-state index < -0.39 is 0 Å². The van der Waals surface area contributed by atoms with Crippen molar-refractivity contribution in [1.82, 2.24) is 19.8 Å². The molecule has 0 aromatic carbocycles. The third kappa shape index (κ3) is 3.84. The van der Waals surface area contributed by atoms with Gasteiger partial charge in [0.15, 0.2) is 0 Å². The zero-order chi connectivity index (χ0) is 12.8. The van der Waals surface area contributed by atoms with Crippen molar-refractivity contribution >= 4 is 5.91 Å². The Labute approximate surface area is 108 Å². The molecule has 5 nitrogen and oxygen atoms in total. The second-order valence-electron chi connectivity index (χ2n) is 5.05. The molecule has 0 aliphatic carbocycles. The van der Waals surface area contributed by atoms with Crippen LogP contribution in [0.25, 0.3) is 0 Å². The van der Waals surface area contributed by atoms with Gasteiger partial charge in [-0.2, -0.15) is 0 Å². The summed E-state index contributed by atoms with van der Waals surface area (Å²) in [5.41, 5.74) is 0. The van der Waals surface area contributed by atoms with Crippen LogP contribution in [0.1, 0.15) is 19.3 Å². The maximum Gasteiger partial charge on any atom is 0.224 e. The topological polar surface area (TPSA) is 50.2 Å². The molecule has 0 unspecified atom stereocenters. The minimum Gasteiger partial charge on any atom is -0.356 e. The highest BCUT2D eigenvalue weighted by Gasteiger charge is 2.23. The summed E-state index contributed by atoms with van der Waals surface area (Å²) >= 11 is 0. The fraction of sp³-hybridized carbons (Fsp3) is 0.692. The third-order valence-electron chi connectivity index (χ3n) is 3.45. The summed E-state index contributed by atoms with van der Waals surface area (Å²) in [7, 11) is 2.08. The molecule has 1 N–H and O–H groups in total. The van der Waals surface area contributed by atoms with E-state index in [2.05, 4.69) is 22.2 Å². The number of rotatable bonds is 5. The number of likely N-dealkylation sites (tertiary alicyclic amines) is 1. The number of aryl methyl sites for hydroxylation is 1. The van der Waals surface area contributed by atoms with Crippen LogP contribution in [0, 0.1) is 5.92 Å². The number of imidazole rings is 1. The van der Waals surface area contributed by atoms with E-state index in [4.69, 9.17) is 0 Å². The van der Waals surface area contributed by atoms with Gasteiger partial charge in [0.25, 0.3) is 0 Å². The normalized spacial score (nSPS) is 20.8. The lowest BCUT2D eigenvalue weighted by molar-refractivity contribution is -0.126. The van der Waals surface area contributed by atoms with Crippen molar-refractivity contribution in [3.8, 4) is 0 Å². The molecular formula is C13H22N4O. The van der Waals surface area contributed by atoms with Gasteiger partial charge >= 0.3 is 0 Å². The average Bonchev–Trinajstić information content (AvgIpc) is 2.87. The first kappa shape index (κ1) is 13.1. The Morgan fingerprint density at radius 3 is 3.17 bits per heavy atom.